The maximum absolute atomic E-state index is 11.8. The molecule has 0 spiro atoms. The van der Waals surface area contributed by atoms with E-state index in [4.69, 9.17) is 10.00 Å². The Balaban J connectivity index is 2.01. The molecule has 1 aromatic heterocycles. The predicted molar refractivity (Wildman–Crippen MR) is 112 cm³/mol. The topological polar surface area (TPSA) is 157 Å². The third-order valence-electron chi connectivity index (χ3n) is 4.00. The Labute approximate surface area is 180 Å². The Hall–Kier alpha value is -4.24. The summed E-state index contributed by atoms with van der Waals surface area (Å²) >= 11 is 1.15. The van der Waals surface area contributed by atoms with Gasteiger partial charge in [-0.25, -0.2) is 0 Å². The second kappa shape index (κ2) is 9.51. The molecule has 0 radical (unpaired) electrons. The van der Waals surface area contributed by atoms with E-state index in [9.17, 15) is 20.2 Å². The van der Waals surface area contributed by atoms with Crippen molar-refractivity contribution in [1.29, 1.82) is 5.26 Å². The number of nitrogens with zero attached hydrogens (tertiary/aromatic N) is 5. The number of hydrogen-bond donors (Lipinski definition) is 1. The Morgan fingerprint density at radius 1 is 1.13 bits per heavy atom. The van der Waals surface area contributed by atoms with Gasteiger partial charge in [0.25, 0.3) is 5.69 Å². The van der Waals surface area contributed by atoms with Crippen LogP contribution in [0.1, 0.15) is 11.1 Å². The third kappa shape index (κ3) is 5.03. The van der Waals surface area contributed by atoms with Crippen LogP contribution in [-0.4, -0.2) is 26.1 Å². The summed E-state index contributed by atoms with van der Waals surface area (Å²) < 4.78 is 5.54. The van der Waals surface area contributed by atoms with Crippen LogP contribution in [0.5, 0.6) is 11.6 Å². The molecule has 0 unspecified atom stereocenters. The molecule has 0 amide bonds. The molecule has 0 aliphatic heterocycles. The molecular weight excluding hydrogens is 424 g/mol. The molecule has 1 heterocycles. The van der Waals surface area contributed by atoms with Gasteiger partial charge in [0, 0.05) is 6.54 Å². The Morgan fingerprint density at radius 2 is 1.87 bits per heavy atom. The molecule has 11 nitrogen and oxygen atoms in total. The highest BCUT2D eigenvalue weighted by Gasteiger charge is 2.27. The third-order valence-corrected chi connectivity index (χ3v) is 4.55. The normalized spacial score (nSPS) is 10.2. The lowest BCUT2D eigenvalue weighted by atomic mass is 10.2. The summed E-state index contributed by atoms with van der Waals surface area (Å²) in [6.07, 6.45) is 1.69. The average Bonchev–Trinajstić information content (AvgIpc) is 2.77. The largest absolute Gasteiger partial charge is 0.433 e. The van der Waals surface area contributed by atoms with E-state index in [1.54, 1.807) is 12.3 Å². The SMILES string of the molecule is CSc1nc(NCc2ccccc2)c([N+](=O)[O-])c(Oc2ccc(C#N)c([N+](=O)[O-])c2)n1. The second-order valence-corrected chi connectivity index (χ2v) is 6.73. The molecule has 0 fully saturated rings. The van der Waals surface area contributed by atoms with Crippen LogP contribution in [0, 0.1) is 31.6 Å². The number of anilines is 1. The highest BCUT2D eigenvalue weighted by atomic mass is 32.2. The van der Waals surface area contributed by atoms with Crippen LogP contribution in [0.15, 0.2) is 53.7 Å². The second-order valence-electron chi connectivity index (χ2n) is 5.96. The zero-order valence-corrected chi connectivity index (χ0v) is 16.8. The maximum Gasteiger partial charge on any atom is 0.373 e. The minimum atomic E-state index is -0.736. The Kier molecular flexibility index (Phi) is 6.58. The maximum atomic E-state index is 11.8. The van der Waals surface area contributed by atoms with Crippen LogP contribution in [-0.2, 0) is 6.54 Å². The highest BCUT2D eigenvalue weighted by molar-refractivity contribution is 7.98. The van der Waals surface area contributed by atoms with Gasteiger partial charge in [-0.2, -0.15) is 15.2 Å². The number of aromatic nitrogens is 2. The lowest BCUT2D eigenvalue weighted by Gasteiger charge is -2.11. The summed E-state index contributed by atoms with van der Waals surface area (Å²) in [4.78, 5) is 29.8. The van der Waals surface area contributed by atoms with E-state index in [-0.39, 0.29) is 34.7 Å². The number of nitro groups is 2. The van der Waals surface area contributed by atoms with Crippen LogP contribution in [0.4, 0.5) is 17.2 Å². The van der Waals surface area contributed by atoms with Crippen molar-refractivity contribution in [2.24, 2.45) is 0 Å². The molecule has 2 aromatic carbocycles. The fraction of sp³-hybridized carbons (Fsp3) is 0.105. The zero-order valence-electron chi connectivity index (χ0n) is 16.0. The van der Waals surface area contributed by atoms with Crippen molar-refractivity contribution in [3.63, 3.8) is 0 Å². The van der Waals surface area contributed by atoms with Crippen molar-refractivity contribution in [3.8, 4) is 17.7 Å². The minimum Gasteiger partial charge on any atom is -0.433 e. The minimum absolute atomic E-state index is 0.0497. The van der Waals surface area contributed by atoms with Gasteiger partial charge in [0.2, 0.25) is 5.82 Å². The van der Waals surface area contributed by atoms with Crippen molar-refractivity contribution in [2.75, 3.05) is 11.6 Å². The van der Waals surface area contributed by atoms with E-state index in [0.717, 1.165) is 23.4 Å². The van der Waals surface area contributed by atoms with Crippen molar-refractivity contribution in [1.82, 2.24) is 9.97 Å². The molecule has 0 aliphatic rings. The fourth-order valence-corrected chi connectivity index (χ4v) is 2.94. The number of nitro benzene ring substituents is 1. The van der Waals surface area contributed by atoms with Gasteiger partial charge in [0.05, 0.1) is 15.9 Å². The molecule has 3 aromatic rings. The van der Waals surface area contributed by atoms with E-state index in [2.05, 4.69) is 15.3 Å². The van der Waals surface area contributed by atoms with Crippen LogP contribution in [0.25, 0.3) is 0 Å². The molecule has 0 aliphatic carbocycles. The van der Waals surface area contributed by atoms with Crippen LogP contribution >= 0.6 is 11.8 Å². The predicted octanol–water partition coefficient (Wildman–Crippen LogP) is 4.29. The van der Waals surface area contributed by atoms with Gasteiger partial charge in [-0.1, -0.05) is 42.1 Å². The standard InChI is InChI=1S/C19H14N6O5S/c1-31-19-22-17(21-11-12-5-3-2-4-6-12)16(25(28)29)18(23-19)30-14-8-7-13(10-20)15(9-14)24(26)27/h2-9H,11H2,1H3,(H,21,22,23). The quantitative estimate of drug-likeness (QED) is 0.233. The number of nitrogens with one attached hydrogen (secondary N) is 1. The summed E-state index contributed by atoms with van der Waals surface area (Å²) in [6, 6.07) is 14.5. The monoisotopic (exact) mass is 438 g/mol. The lowest BCUT2D eigenvalue weighted by Crippen LogP contribution is -2.08. The lowest BCUT2D eigenvalue weighted by molar-refractivity contribution is -0.385. The molecule has 156 valence electrons. The fourth-order valence-electron chi connectivity index (χ4n) is 2.58. The van der Waals surface area contributed by atoms with Crippen LogP contribution < -0.4 is 10.1 Å². The van der Waals surface area contributed by atoms with Crippen molar-refractivity contribution in [2.45, 2.75) is 11.7 Å². The summed E-state index contributed by atoms with van der Waals surface area (Å²) in [5, 5.41) is 35.1. The van der Waals surface area contributed by atoms with Gasteiger partial charge in [-0.05, 0) is 24.0 Å². The number of ether oxygens (including phenoxy) is 1. The van der Waals surface area contributed by atoms with Crippen molar-refractivity contribution >= 4 is 29.0 Å². The first-order valence-electron chi connectivity index (χ1n) is 8.67. The number of nitriles is 1. The van der Waals surface area contributed by atoms with Crippen LogP contribution in [0.2, 0.25) is 0 Å². The van der Waals surface area contributed by atoms with Gasteiger partial charge in [0.1, 0.15) is 17.4 Å². The molecular formula is C19H14N6O5S. The van der Waals surface area contributed by atoms with E-state index in [1.165, 1.54) is 12.1 Å². The first kappa shape index (κ1) is 21.5. The highest BCUT2D eigenvalue weighted by Crippen LogP contribution is 2.37. The van der Waals surface area contributed by atoms with Gasteiger partial charge in [-0.3, -0.25) is 20.2 Å². The van der Waals surface area contributed by atoms with E-state index >= 15 is 0 Å². The summed E-state index contributed by atoms with van der Waals surface area (Å²) in [5.41, 5.74) is -0.277. The van der Waals surface area contributed by atoms with E-state index < -0.39 is 21.2 Å². The van der Waals surface area contributed by atoms with E-state index in [0.29, 0.717) is 0 Å². The Morgan fingerprint density at radius 3 is 2.48 bits per heavy atom. The van der Waals surface area contributed by atoms with Crippen molar-refractivity contribution in [3.05, 3.63) is 79.9 Å². The summed E-state index contributed by atoms with van der Waals surface area (Å²) in [7, 11) is 0. The van der Waals surface area contributed by atoms with Gasteiger partial charge >= 0.3 is 11.6 Å². The first-order valence-corrected chi connectivity index (χ1v) is 9.90. The number of rotatable bonds is 8. The number of benzene rings is 2. The molecule has 0 saturated carbocycles. The zero-order chi connectivity index (χ0) is 22.4. The molecule has 0 saturated heterocycles. The smallest absolute Gasteiger partial charge is 0.373 e. The van der Waals surface area contributed by atoms with Crippen LogP contribution in [0.3, 0.4) is 0 Å². The molecule has 3 rings (SSSR count). The summed E-state index contributed by atoms with van der Waals surface area (Å²) in [5.74, 6) is -0.501. The summed E-state index contributed by atoms with van der Waals surface area (Å²) in [6.45, 7) is 0.272. The van der Waals surface area contributed by atoms with Gasteiger partial charge in [-0.15, -0.1) is 0 Å². The first-order chi connectivity index (χ1) is 14.9. The molecule has 1 N–H and O–H groups in total. The van der Waals surface area contributed by atoms with Gasteiger partial charge < -0.3 is 10.1 Å². The Bertz CT molecular complexity index is 1180. The molecule has 31 heavy (non-hydrogen) atoms. The van der Waals surface area contributed by atoms with Crippen molar-refractivity contribution < 1.29 is 14.6 Å². The number of thioether (sulfide) groups is 1. The van der Waals surface area contributed by atoms with E-state index in [1.807, 2.05) is 30.3 Å². The molecule has 0 bridgehead atoms. The molecule has 12 heteroatoms. The molecule has 0 atom stereocenters. The van der Waals surface area contributed by atoms with Gasteiger partial charge in [0.15, 0.2) is 5.16 Å². The average molecular weight is 438 g/mol. The number of hydrogen-bond acceptors (Lipinski definition) is 10.